The first-order valence-corrected chi connectivity index (χ1v) is 6.51. The molecule has 0 bridgehead atoms. The molecule has 5 heteroatoms. The smallest absolute Gasteiger partial charge is 0.313 e. The summed E-state index contributed by atoms with van der Waals surface area (Å²) in [5, 5.41) is 11.9. The number of hydrogen-bond acceptors (Lipinski definition) is 4. The second-order valence-corrected chi connectivity index (χ2v) is 4.77. The summed E-state index contributed by atoms with van der Waals surface area (Å²) < 4.78 is 0. The maximum atomic E-state index is 10.6. The number of thioether (sulfide) groups is 1. The Hall–Kier alpha value is -1.49. The van der Waals surface area contributed by atoms with Crippen molar-refractivity contribution in [2.75, 3.05) is 11.1 Å². The lowest BCUT2D eigenvalue weighted by molar-refractivity contribution is -0.133. The molecule has 2 N–H and O–H groups in total. The minimum atomic E-state index is -0.806. The molecule has 1 heterocycles. The predicted octanol–water partition coefficient (Wildman–Crippen LogP) is 2.74. The molecule has 0 aromatic heterocycles. The Morgan fingerprint density at radius 2 is 2.29 bits per heavy atom. The van der Waals surface area contributed by atoms with Crippen LogP contribution in [0.4, 0.5) is 5.69 Å². The highest BCUT2D eigenvalue weighted by atomic mass is 32.2. The molecule has 2 rings (SSSR count). The van der Waals surface area contributed by atoms with E-state index in [1.54, 1.807) is 0 Å². The number of aliphatic imine (C=N–C) groups is 1. The van der Waals surface area contributed by atoms with Gasteiger partial charge < -0.3 is 10.4 Å². The molecule has 1 aliphatic rings. The minimum Gasteiger partial charge on any atom is -0.481 e. The molecule has 4 nitrogen and oxygen atoms in total. The molecular weight excluding hydrogens is 236 g/mol. The number of benzene rings is 1. The van der Waals surface area contributed by atoms with Gasteiger partial charge in [-0.05, 0) is 6.07 Å². The van der Waals surface area contributed by atoms with Crippen molar-refractivity contribution in [3.05, 3.63) is 29.8 Å². The fourth-order valence-electron chi connectivity index (χ4n) is 1.68. The zero-order chi connectivity index (χ0) is 12.3. The van der Waals surface area contributed by atoms with Crippen molar-refractivity contribution in [3.63, 3.8) is 0 Å². The Kier molecular flexibility index (Phi) is 3.68. The van der Waals surface area contributed by atoms with Crippen LogP contribution in [0.3, 0.4) is 0 Å². The number of nitrogens with zero attached hydrogens (tertiary/aromatic N) is 1. The lowest BCUT2D eigenvalue weighted by atomic mass is 10.1. The molecule has 0 amide bonds. The molecule has 0 aliphatic carbocycles. The van der Waals surface area contributed by atoms with Gasteiger partial charge in [-0.3, -0.25) is 9.79 Å². The van der Waals surface area contributed by atoms with Crippen LogP contribution >= 0.6 is 11.8 Å². The molecule has 17 heavy (non-hydrogen) atoms. The van der Waals surface area contributed by atoms with Gasteiger partial charge in [0.15, 0.2) is 0 Å². The molecule has 0 fully saturated rings. The fourth-order valence-corrected chi connectivity index (χ4v) is 2.57. The Balaban J connectivity index is 2.23. The summed E-state index contributed by atoms with van der Waals surface area (Å²) in [6, 6.07) is 7.89. The van der Waals surface area contributed by atoms with E-state index in [0.717, 1.165) is 23.5 Å². The van der Waals surface area contributed by atoms with Gasteiger partial charge in [0.05, 0.1) is 5.75 Å². The Bertz CT molecular complexity index is 460. The van der Waals surface area contributed by atoms with Gasteiger partial charge in [-0.25, -0.2) is 0 Å². The number of carbonyl (C=O) groups is 1. The van der Waals surface area contributed by atoms with E-state index in [1.807, 2.05) is 31.2 Å². The normalized spacial score (nSPS) is 17.9. The van der Waals surface area contributed by atoms with Crippen LogP contribution in [-0.4, -0.2) is 22.7 Å². The van der Waals surface area contributed by atoms with Crippen molar-refractivity contribution in [2.24, 2.45) is 4.99 Å². The highest BCUT2D eigenvalue weighted by Crippen LogP contribution is 2.37. The maximum absolute atomic E-state index is 10.6. The van der Waals surface area contributed by atoms with E-state index in [1.165, 1.54) is 11.8 Å². The van der Waals surface area contributed by atoms with Gasteiger partial charge in [-0.1, -0.05) is 25.1 Å². The van der Waals surface area contributed by atoms with Crippen molar-refractivity contribution >= 4 is 29.3 Å². The summed E-state index contributed by atoms with van der Waals surface area (Å²) in [6.45, 7) is 2.03. The summed E-state index contributed by atoms with van der Waals surface area (Å²) in [4.78, 5) is 15.1. The first kappa shape index (κ1) is 12.0. The first-order chi connectivity index (χ1) is 8.20. The van der Waals surface area contributed by atoms with Crippen molar-refractivity contribution in [1.82, 2.24) is 0 Å². The van der Waals surface area contributed by atoms with Crippen LogP contribution in [-0.2, 0) is 4.79 Å². The van der Waals surface area contributed by atoms with Crippen LogP contribution in [0.25, 0.3) is 0 Å². The zero-order valence-electron chi connectivity index (χ0n) is 9.51. The Morgan fingerprint density at radius 1 is 1.53 bits per heavy atom. The summed E-state index contributed by atoms with van der Waals surface area (Å²) in [7, 11) is 0. The topological polar surface area (TPSA) is 61.7 Å². The molecular formula is C12H14N2O2S. The van der Waals surface area contributed by atoms with E-state index in [9.17, 15) is 4.79 Å². The molecule has 1 aliphatic heterocycles. The monoisotopic (exact) mass is 250 g/mol. The van der Waals surface area contributed by atoms with Crippen molar-refractivity contribution in [3.8, 4) is 0 Å². The van der Waals surface area contributed by atoms with Crippen LogP contribution in [0.2, 0.25) is 0 Å². The fraction of sp³-hybridized carbons (Fsp3) is 0.333. The van der Waals surface area contributed by atoms with Gasteiger partial charge >= 0.3 is 5.97 Å². The third-order valence-corrected chi connectivity index (χ3v) is 3.57. The van der Waals surface area contributed by atoms with Gasteiger partial charge in [0.2, 0.25) is 0 Å². The maximum Gasteiger partial charge on any atom is 0.313 e. The van der Waals surface area contributed by atoms with E-state index in [2.05, 4.69) is 10.3 Å². The van der Waals surface area contributed by atoms with E-state index in [0.29, 0.717) is 0 Å². The number of anilines is 1. The second kappa shape index (κ2) is 5.23. The average molecular weight is 250 g/mol. The number of para-hydroxylation sites is 1. The van der Waals surface area contributed by atoms with E-state index in [4.69, 9.17) is 5.11 Å². The molecule has 1 aromatic carbocycles. The number of carboxylic acids is 1. The minimum absolute atomic E-state index is 0.0689. The Labute approximate surface area is 104 Å². The number of amidine groups is 1. The number of rotatable bonds is 4. The highest BCUT2D eigenvalue weighted by Gasteiger charge is 2.21. The van der Waals surface area contributed by atoms with Gasteiger partial charge in [-0.2, -0.15) is 0 Å². The number of nitrogens with one attached hydrogen (secondary N) is 1. The second-order valence-electron chi connectivity index (χ2n) is 3.70. The quantitative estimate of drug-likeness (QED) is 0.862. The molecule has 90 valence electrons. The van der Waals surface area contributed by atoms with Crippen LogP contribution in [0, 0.1) is 0 Å². The predicted molar refractivity (Wildman–Crippen MR) is 70.6 cm³/mol. The third kappa shape index (κ3) is 2.79. The number of hydrogen-bond donors (Lipinski definition) is 2. The van der Waals surface area contributed by atoms with E-state index < -0.39 is 5.97 Å². The summed E-state index contributed by atoms with van der Waals surface area (Å²) in [5.74, 6) is 0.172. The van der Waals surface area contributed by atoms with E-state index in [-0.39, 0.29) is 11.1 Å². The van der Waals surface area contributed by atoms with Gasteiger partial charge in [0, 0.05) is 17.7 Å². The van der Waals surface area contributed by atoms with Crippen molar-refractivity contribution < 1.29 is 9.90 Å². The lowest BCUT2D eigenvalue weighted by Crippen LogP contribution is -2.19. The van der Waals surface area contributed by atoms with Crippen LogP contribution in [0.1, 0.15) is 24.3 Å². The highest BCUT2D eigenvalue weighted by molar-refractivity contribution is 8.00. The van der Waals surface area contributed by atoms with Gasteiger partial charge in [0.25, 0.3) is 0 Å². The van der Waals surface area contributed by atoms with Gasteiger partial charge in [-0.15, -0.1) is 11.8 Å². The largest absolute Gasteiger partial charge is 0.481 e. The molecule has 0 radical (unpaired) electrons. The van der Waals surface area contributed by atoms with E-state index >= 15 is 0 Å². The zero-order valence-corrected chi connectivity index (χ0v) is 10.3. The van der Waals surface area contributed by atoms with Crippen molar-refractivity contribution in [2.45, 2.75) is 18.7 Å². The van der Waals surface area contributed by atoms with Crippen LogP contribution in [0.15, 0.2) is 29.3 Å². The summed E-state index contributed by atoms with van der Waals surface area (Å²) >= 11 is 1.34. The van der Waals surface area contributed by atoms with Crippen molar-refractivity contribution in [1.29, 1.82) is 0 Å². The molecule has 0 spiro atoms. The summed E-state index contributed by atoms with van der Waals surface area (Å²) in [6.07, 6.45) is 0.818. The molecule has 1 unspecified atom stereocenters. The number of fused-ring (bicyclic) bond motifs is 1. The number of aliphatic carboxylic acids is 1. The van der Waals surface area contributed by atoms with Crippen LogP contribution in [0.5, 0.6) is 0 Å². The first-order valence-electron chi connectivity index (χ1n) is 5.46. The number of carboxylic acid groups (broad SMARTS) is 1. The molecule has 1 aromatic rings. The average Bonchev–Trinajstić information content (AvgIpc) is 2.35. The molecule has 1 atom stereocenters. The molecule has 0 saturated carbocycles. The third-order valence-electron chi connectivity index (χ3n) is 2.48. The summed E-state index contributed by atoms with van der Waals surface area (Å²) in [5.41, 5.74) is 2.08. The lowest BCUT2D eigenvalue weighted by Gasteiger charge is -2.24. The van der Waals surface area contributed by atoms with Gasteiger partial charge in [0.1, 0.15) is 11.2 Å². The SMILES string of the molecule is CCC1=NC(SCC(=O)O)c2ccccc2N1. The van der Waals surface area contributed by atoms with Crippen LogP contribution < -0.4 is 5.32 Å². The Morgan fingerprint density at radius 3 is 3.00 bits per heavy atom. The standard InChI is InChI=1S/C12H14N2O2S/c1-2-10-13-9-6-4-3-5-8(9)12(14-10)17-7-11(15)16/h3-6,12H,2,7H2,1H3,(H,13,14)(H,15,16). The molecule has 0 saturated heterocycles.